The van der Waals surface area contributed by atoms with E-state index in [1.165, 1.54) is 5.56 Å². The molecular weight excluding hydrogens is 248 g/mol. The van der Waals surface area contributed by atoms with Crippen LogP contribution >= 0.6 is 0 Å². The highest BCUT2D eigenvalue weighted by molar-refractivity contribution is 5.77. The number of nitrogens with zero attached hydrogens (tertiary/aromatic N) is 1. The van der Waals surface area contributed by atoms with E-state index in [0.717, 1.165) is 22.4 Å². The Kier molecular flexibility index (Phi) is 2.78. The summed E-state index contributed by atoms with van der Waals surface area (Å²) in [5.74, 6) is 0.631. The molecule has 0 fully saturated rings. The number of nitrogen functional groups attached to an aromatic ring is 1. The molecule has 0 aliphatic rings. The number of benzene rings is 2. The van der Waals surface area contributed by atoms with E-state index in [9.17, 15) is 0 Å². The first-order chi connectivity index (χ1) is 9.43. The second-order valence-electron chi connectivity index (χ2n) is 6.07. The number of oxazole rings is 1. The molecule has 0 saturated carbocycles. The van der Waals surface area contributed by atoms with Crippen molar-refractivity contribution in [2.45, 2.75) is 26.2 Å². The molecule has 3 nitrogen and oxygen atoms in total. The molecule has 2 N–H and O–H groups in total. The van der Waals surface area contributed by atoms with Crippen LogP contribution in [0, 0.1) is 0 Å². The molecule has 1 heterocycles. The lowest BCUT2D eigenvalue weighted by molar-refractivity contribution is 0.590. The molecule has 102 valence electrons. The predicted octanol–water partition coefficient (Wildman–Crippen LogP) is 4.37. The molecule has 0 aliphatic carbocycles. The Bertz CT molecular complexity index is 749. The molecular formula is C17H18N2O. The summed E-state index contributed by atoms with van der Waals surface area (Å²) >= 11 is 0. The highest BCUT2D eigenvalue weighted by atomic mass is 16.3. The molecule has 0 unspecified atom stereocenters. The average molecular weight is 266 g/mol. The van der Waals surface area contributed by atoms with E-state index >= 15 is 0 Å². The van der Waals surface area contributed by atoms with E-state index in [4.69, 9.17) is 10.2 Å². The third-order valence-electron chi connectivity index (χ3n) is 3.41. The molecule has 1 aromatic heterocycles. The van der Waals surface area contributed by atoms with Gasteiger partial charge in [-0.25, -0.2) is 4.98 Å². The zero-order valence-corrected chi connectivity index (χ0v) is 12.0. The lowest BCUT2D eigenvalue weighted by Crippen LogP contribution is -2.10. The van der Waals surface area contributed by atoms with Crippen LogP contribution in [-0.4, -0.2) is 4.98 Å². The van der Waals surface area contributed by atoms with Crippen molar-refractivity contribution in [1.82, 2.24) is 4.98 Å². The van der Waals surface area contributed by atoms with Crippen LogP contribution in [0.1, 0.15) is 26.3 Å². The van der Waals surface area contributed by atoms with Gasteiger partial charge in [-0.3, -0.25) is 0 Å². The first-order valence-electron chi connectivity index (χ1n) is 6.70. The topological polar surface area (TPSA) is 52.0 Å². The van der Waals surface area contributed by atoms with Crippen molar-refractivity contribution >= 4 is 16.8 Å². The average Bonchev–Trinajstić information content (AvgIpc) is 2.81. The minimum atomic E-state index is 0.106. The molecule has 0 atom stereocenters. The maximum absolute atomic E-state index is 5.81. The summed E-state index contributed by atoms with van der Waals surface area (Å²) < 4.78 is 5.81. The van der Waals surface area contributed by atoms with Gasteiger partial charge in [-0.15, -0.1) is 0 Å². The van der Waals surface area contributed by atoms with Gasteiger partial charge in [0.1, 0.15) is 5.52 Å². The Morgan fingerprint density at radius 1 is 1.00 bits per heavy atom. The zero-order valence-electron chi connectivity index (χ0n) is 12.0. The smallest absolute Gasteiger partial charge is 0.227 e. The van der Waals surface area contributed by atoms with E-state index in [1.807, 2.05) is 30.3 Å². The number of anilines is 1. The normalized spacial score (nSPS) is 11.9. The molecule has 0 aliphatic heterocycles. The Labute approximate surface area is 118 Å². The lowest BCUT2D eigenvalue weighted by Gasteiger charge is -2.18. The van der Waals surface area contributed by atoms with Crippen molar-refractivity contribution in [2.24, 2.45) is 0 Å². The van der Waals surface area contributed by atoms with E-state index in [0.29, 0.717) is 5.89 Å². The number of hydrogen-bond acceptors (Lipinski definition) is 3. The number of hydrogen-bond donors (Lipinski definition) is 1. The van der Waals surface area contributed by atoms with Crippen molar-refractivity contribution in [1.29, 1.82) is 0 Å². The summed E-state index contributed by atoms with van der Waals surface area (Å²) in [7, 11) is 0. The minimum absolute atomic E-state index is 0.106. The number of aromatic nitrogens is 1. The molecule has 3 heteroatoms. The largest absolute Gasteiger partial charge is 0.436 e. The summed E-state index contributed by atoms with van der Waals surface area (Å²) in [6.45, 7) is 6.57. The third-order valence-corrected chi connectivity index (χ3v) is 3.41. The summed E-state index contributed by atoms with van der Waals surface area (Å²) in [6, 6.07) is 13.7. The Hall–Kier alpha value is -2.29. The van der Waals surface area contributed by atoms with Gasteiger partial charge in [0.2, 0.25) is 5.89 Å². The fourth-order valence-electron chi connectivity index (χ4n) is 2.14. The first kappa shape index (κ1) is 12.7. The fraction of sp³-hybridized carbons (Fsp3) is 0.235. The van der Waals surface area contributed by atoms with Gasteiger partial charge < -0.3 is 10.2 Å². The Morgan fingerprint density at radius 3 is 2.35 bits per heavy atom. The molecule has 0 spiro atoms. The van der Waals surface area contributed by atoms with Gasteiger partial charge in [0.15, 0.2) is 5.58 Å². The molecule has 0 radical (unpaired) electrons. The van der Waals surface area contributed by atoms with Crippen molar-refractivity contribution in [3.05, 3.63) is 48.0 Å². The van der Waals surface area contributed by atoms with Crippen LogP contribution in [0.2, 0.25) is 0 Å². The van der Waals surface area contributed by atoms with Crippen molar-refractivity contribution in [3.8, 4) is 11.5 Å². The molecule has 0 amide bonds. The lowest BCUT2D eigenvalue weighted by atomic mass is 9.87. The van der Waals surface area contributed by atoms with Gasteiger partial charge in [-0.2, -0.15) is 0 Å². The van der Waals surface area contributed by atoms with Gasteiger partial charge in [0, 0.05) is 11.3 Å². The van der Waals surface area contributed by atoms with Crippen LogP contribution < -0.4 is 5.73 Å². The zero-order chi connectivity index (χ0) is 14.3. The van der Waals surface area contributed by atoms with Gasteiger partial charge in [0.05, 0.1) is 0 Å². The third kappa shape index (κ3) is 2.27. The Morgan fingerprint density at radius 2 is 1.70 bits per heavy atom. The second-order valence-corrected chi connectivity index (χ2v) is 6.07. The fourth-order valence-corrected chi connectivity index (χ4v) is 2.14. The SMILES string of the molecule is CC(C)(C)c1ccc2oc(-c3ccc(N)cc3)nc2c1. The minimum Gasteiger partial charge on any atom is -0.436 e. The van der Waals surface area contributed by atoms with E-state index < -0.39 is 0 Å². The maximum Gasteiger partial charge on any atom is 0.227 e. The molecule has 3 rings (SSSR count). The summed E-state index contributed by atoms with van der Waals surface area (Å²) in [6.07, 6.45) is 0. The number of fused-ring (bicyclic) bond motifs is 1. The van der Waals surface area contributed by atoms with Crippen LogP contribution in [0.15, 0.2) is 46.9 Å². The number of nitrogens with two attached hydrogens (primary N) is 1. The van der Waals surface area contributed by atoms with Crippen molar-refractivity contribution in [3.63, 3.8) is 0 Å². The van der Waals surface area contributed by atoms with Gasteiger partial charge in [0.25, 0.3) is 0 Å². The quantitative estimate of drug-likeness (QED) is 0.665. The molecule has 0 bridgehead atoms. The maximum atomic E-state index is 5.81. The number of rotatable bonds is 1. The first-order valence-corrected chi connectivity index (χ1v) is 6.70. The van der Waals surface area contributed by atoms with Crippen LogP contribution in [0.4, 0.5) is 5.69 Å². The van der Waals surface area contributed by atoms with E-state index in [1.54, 1.807) is 0 Å². The Balaban J connectivity index is 2.09. The van der Waals surface area contributed by atoms with Gasteiger partial charge in [-0.1, -0.05) is 26.8 Å². The summed E-state index contributed by atoms with van der Waals surface area (Å²) in [4.78, 5) is 4.58. The van der Waals surface area contributed by atoms with Crippen molar-refractivity contribution in [2.75, 3.05) is 5.73 Å². The van der Waals surface area contributed by atoms with Crippen LogP contribution in [0.5, 0.6) is 0 Å². The van der Waals surface area contributed by atoms with Crippen molar-refractivity contribution < 1.29 is 4.42 Å². The molecule has 0 saturated heterocycles. The predicted molar refractivity (Wildman–Crippen MR) is 82.6 cm³/mol. The molecule has 3 aromatic rings. The monoisotopic (exact) mass is 266 g/mol. The molecule has 20 heavy (non-hydrogen) atoms. The highest BCUT2D eigenvalue weighted by Crippen LogP contribution is 2.29. The second kappa shape index (κ2) is 4.37. The van der Waals surface area contributed by atoms with Gasteiger partial charge in [-0.05, 0) is 47.4 Å². The standard InChI is InChI=1S/C17H18N2O/c1-17(2,3)12-6-9-15-14(10-12)19-16(20-15)11-4-7-13(18)8-5-11/h4-10H,18H2,1-3H3. The van der Waals surface area contributed by atoms with E-state index in [2.05, 4.69) is 37.9 Å². The summed E-state index contributed by atoms with van der Waals surface area (Å²) in [5.41, 5.74) is 10.4. The van der Waals surface area contributed by atoms with Crippen LogP contribution in [0.3, 0.4) is 0 Å². The van der Waals surface area contributed by atoms with Crippen LogP contribution in [-0.2, 0) is 5.41 Å². The van der Waals surface area contributed by atoms with Crippen LogP contribution in [0.25, 0.3) is 22.6 Å². The highest BCUT2D eigenvalue weighted by Gasteiger charge is 2.16. The van der Waals surface area contributed by atoms with E-state index in [-0.39, 0.29) is 5.41 Å². The molecule has 2 aromatic carbocycles. The van der Waals surface area contributed by atoms with Gasteiger partial charge >= 0.3 is 0 Å². The summed E-state index contributed by atoms with van der Waals surface area (Å²) in [5, 5.41) is 0.